The first kappa shape index (κ1) is 14.9. The molecule has 1 nitrogen and oxygen atoms in total. The highest BCUT2D eigenvalue weighted by molar-refractivity contribution is 6.30. The summed E-state index contributed by atoms with van der Waals surface area (Å²) in [6.07, 6.45) is 3.92. The highest BCUT2D eigenvalue weighted by Gasteiger charge is 2.39. The molecule has 0 aliphatic heterocycles. The number of hydrogen-bond donors (Lipinski definition) is 1. The highest BCUT2D eigenvalue weighted by Crippen LogP contribution is 2.42. The van der Waals surface area contributed by atoms with Crippen molar-refractivity contribution >= 4 is 11.6 Å². The molecule has 2 heteroatoms. The molecule has 3 unspecified atom stereocenters. The van der Waals surface area contributed by atoms with Crippen LogP contribution in [-0.4, -0.2) is 13.1 Å². The van der Waals surface area contributed by atoms with Gasteiger partial charge in [0.05, 0.1) is 0 Å². The van der Waals surface area contributed by atoms with E-state index in [4.69, 9.17) is 11.6 Å². The van der Waals surface area contributed by atoms with Crippen molar-refractivity contribution in [1.82, 2.24) is 5.32 Å². The Morgan fingerprint density at radius 2 is 2.00 bits per heavy atom. The molecule has 1 N–H and O–H groups in total. The summed E-state index contributed by atoms with van der Waals surface area (Å²) < 4.78 is 0. The smallest absolute Gasteiger partial charge is 0.0408 e. The van der Waals surface area contributed by atoms with E-state index >= 15 is 0 Å². The second-order valence-electron chi connectivity index (χ2n) is 6.65. The summed E-state index contributed by atoms with van der Waals surface area (Å²) in [5.74, 6) is 1.51. The van der Waals surface area contributed by atoms with Gasteiger partial charge in [-0.15, -0.1) is 0 Å². The summed E-state index contributed by atoms with van der Waals surface area (Å²) in [7, 11) is 2.10. The van der Waals surface area contributed by atoms with Gasteiger partial charge in [-0.3, -0.25) is 0 Å². The molecular formula is C17H26ClN. The van der Waals surface area contributed by atoms with Gasteiger partial charge in [0.2, 0.25) is 0 Å². The molecule has 0 aromatic heterocycles. The standard InChI is InChI=1S/C17H26ClN/c1-12-8-9-15(16(10-12)19-4)17(2,3)13-6-5-7-14(18)11-13/h5-7,11-12,15-16,19H,8-10H2,1-4H3. The molecule has 19 heavy (non-hydrogen) atoms. The van der Waals surface area contributed by atoms with Crippen LogP contribution in [0.3, 0.4) is 0 Å². The van der Waals surface area contributed by atoms with E-state index < -0.39 is 0 Å². The molecule has 1 fully saturated rings. The Morgan fingerprint density at radius 3 is 2.63 bits per heavy atom. The monoisotopic (exact) mass is 279 g/mol. The Balaban J connectivity index is 2.27. The van der Waals surface area contributed by atoms with Gasteiger partial charge in [0.15, 0.2) is 0 Å². The van der Waals surface area contributed by atoms with Crippen LogP contribution in [0.5, 0.6) is 0 Å². The third-order valence-corrected chi connectivity index (χ3v) is 5.21. The molecule has 0 spiro atoms. The van der Waals surface area contributed by atoms with Gasteiger partial charge in [-0.2, -0.15) is 0 Å². The molecule has 0 heterocycles. The zero-order valence-corrected chi connectivity index (χ0v) is 13.3. The molecule has 0 amide bonds. The highest BCUT2D eigenvalue weighted by atomic mass is 35.5. The van der Waals surface area contributed by atoms with Gasteiger partial charge >= 0.3 is 0 Å². The SMILES string of the molecule is CNC1CC(C)CCC1C(C)(C)c1cccc(Cl)c1. The molecule has 0 saturated heterocycles. The summed E-state index contributed by atoms with van der Waals surface area (Å²) >= 11 is 6.17. The van der Waals surface area contributed by atoms with Crippen LogP contribution in [0.15, 0.2) is 24.3 Å². The van der Waals surface area contributed by atoms with Gasteiger partial charge in [-0.25, -0.2) is 0 Å². The molecule has 1 aromatic carbocycles. The van der Waals surface area contributed by atoms with Gasteiger partial charge in [0.25, 0.3) is 0 Å². The van der Waals surface area contributed by atoms with Crippen molar-refractivity contribution in [2.75, 3.05) is 7.05 Å². The minimum atomic E-state index is 0.165. The first-order valence-corrected chi connectivity index (χ1v) is 7.76. The topological polar surface area (TPSA) is 12.0 Å². The summed E-state index contributed by atoms with van der Waals surface area (Å²) in [4.78, 5) is 0. The molecule has 3 atom stereocenters. The maximum atomic E-state index is 6.17. The van der Waals surface area contributed by atoms with Crippen molar-refractivity contribution < 1.29 is 0 Å². The van der Waals surface area contributed by atoms with Gasteiger partial charge in [-0.05, 0) is 54.8 Å². The molecule has 0 radical (unpaired) electrons. The Morgan fingerprint density at radius 1 is 1.26 bits per heavy atom. The fourth-order valence-corrected chi connectivity index (χ4v) is 3.86. The zero-order chi connectivity index (χ0) is 14.0. The van der Waals surface area contributed by atoms with Gasteiger partial charge < -0.3 is 5.32 Å². The quantitative estimate of drug-likeness (QED) is 0.850. The van der Waals surface area contributed by atoms with Crippen LogP contribution in [0.25, 0.3) is 0 Å². The third kappa shape index (κ3) is 3.14. The van der Waals surface area contributed by atoms with Crippen LogP contribution in [0.1, 0.15) is 45.6 Å². The van der Waals surface area contributed by atoms with E-state index in [0.717, 1.165) is 10.9 Å². The van der Waals surface area contributed by atoms with E-state index in [1.165, 1.54) is 24.8 Å². The van der Waals surface area contributed by atoms with Gasteiger partial charge in [0, 0.05) is 11.1 Å². The van der Waals surface area contributed by atoms with Crippen molar-refractivity contribution in [3.63, 3.8) is 0 Å². The second kappa shape index (κ2) is 5.85. The average Bonchev–Trinajstić information content (AvgIpc) is 2.38. The van der Waals surface area contributed by atoms with Crippen LogP contribution in [0.4, 0.5) is 0 Å². The van der Waals surface area contributed by atoms with E-state index in [9.17, 15) is 0 Å². The molecule has 0 bridgehead atoms. The van der Waals surface area contributed by atoms with E-state index in [1.807, 2.05) is 6.07 Å². The summed E-state index contributed by atoms with van der Waals surface area (Å²) in [6, 6.07) is 8.99. The van der Waals surface area contributed by atoms with Crippen LogP contribution < -0.4 is 5.32 Å². The van der Waals surface area contributed by atoms with E-state index in [1.54, 1.807) is 0 Å². The van der Waals surface area contributed by atoms with Crippen LogP contribution in [-0.2, 0) is 5.41 Å². The maximum Gasteiger partial charge on any atom is 0.0408 e. The fourth-order valence-electron chi connectivity index (χ4n) is 3.67. The number of halogens is 1. The lowest BCUT2D eigenvalue weighted by molar-refractivity contribution is 0.151. The second-order valence-corrected chi connectivity index (χ2v) is 7.09. The van der Waals surface area contributed by atoms with Crippen molar-refractivity contribution in [3.05, 3.63) is 34.9 Å². The lowest BCUT2D eigenvalue weighted by Gasteiger charge is -2.44. The first-order valence-electron chi connectivity index (χ1n) is 7.38. The number of benzene rings is 1. The maximum absolute atomic E-state index is 6.17. The van der Waals surface area contributed by atoms with Crippen LogP contribution in [0.2, 0.25) is 5.02 Å². The molecule has 1 saturated carbocycles. The zero-order valence-electron chi connectivity index (χ0n) is 12.5. The van der Waals surface area contributed by atoms with Crippen molar-refractivity contribution in [1.29, 1.82) is 0 Å². The number of rotatable bonds is 3. The van der Waals surface area contributed by atoms with Gasteiger partial charge in [-0.1, -0.05) is 50.9 Å². The Bertz CT molecular complexity index is 427. The van der Waals surface area contributed by atoms with Crippen molar-refractivity contribution in [2.45, 2.75) is 51.5 Å². The van der Waals surface area contributed by atoms with Crippen molar-refractivity contribution in [3.8, 4) is 0 Å². The van der Waals surface area contributed by atoms with E-state index in [0.29, 0.717) is 12.0 Å². The van der Waals surface area contributed by atoms with E-state index in [2.05, 4.69) is 51.3 Å². The number of nitrogens with one attached hydrogen (secondary N) is 1. The minimum Gasteiger partial charge on any atom is -0.317 e. The first-order chi connectivity index (χ1) is 8.95. The predicted molar refractivity (Wildman–Crippen MR) is 83.8 cm³/mol. The molecule has 1 aromatic rings. The Labute approximate surface area is 122 Å². The van der Waals surface area contributed by atoms with Crippen LogP contribution in [0, 0.1) is 11.8 Å². The summed E-state index contributed by atoms with van der Waals surface area (Å²) in [5.41, 5.74) is 1.53. The molecule has 2 rings (SSSR count). The fraction of sp³-hybridized carbons (Fsp3) is 0.647. The van der Waals surface area contributed by atoms with Gasteiger partial charge in [0.1, 0.15) is 0 Å². The molecule has 1 aliphatic carbocycles. The number of hydrogen-bond acceptors (Lipinski definition) is 1. The predicted octanol–water partition coefficient (Wildman–Crippen LogP) is 4.64. The Kier molecular flexibility index (Phi) is 4.58. The van der Waals surface area contributed by atoms with E-state index in [-0.39, 0.29) is 5.41 Å². The van der Waals surface area contributed by atoms with Crippen LogP contribution >= 0.6 is 11.6 Å². The molecule has 1 aliphatic rings. The third-order valence-electron chi connectivity index (χ3n) is 4.98. The summed E-state index contributed by atoms with van der Waals surface area (Å²) in [6.45, 7) is 7.10. The lowest BCUT2D eigenvalue weighted by Crippen LogP contribution is -2.47. The van der Waals surface area contributed by atoms with Crippen molar-refractivity contribution in [2.24, 2.45) is 11.8 Å². The largest absolute Gasteiger partial charge is 0.317 e. The molecule has 106 valence electrons. The minimum absolute atomic E-state index is 0.165. The Hall–Kier alpha value is -0.530. The summed E-state index contributed by atoms with van der Waals surface area (Å²) in [5, 5.41) is 4.39. The normalized spacial score (nSPS) is 28.4. The lowest BCUT2D eigenvalue weighted by atomic mass is 9.63. The average molecular weight is 280 g/mol. The molecular weight excluding hydrogens is 254 g/mol.